The van der Waals surface area contributed by atoms with Gasteiger partial charge in [-0.1, -0.05) is 60.7 Å². The Morgan fingerprint density at radius 1 is 0.628 bits per heavy atom. The SMILES string of the molecule is CC(=O)N1CCC(C(=O)c2ccc(N3CCC(Cc4ccccc4)CC3)cc2N2CCC(Cc3ccccc3)CC2)CC1. The van der Waals surface area contributed by atoms with Gasteiger partial charge in [0.2, 0.25) is 5.91 Å². The maximum absolute atomic E-state index is 14.0. The Morgan fingerprint density at radius 3 is 1.65 bits per heavy atom. The lowest BCUT2D eigenvalue weighted by Crippen LogP contribution is -2.40. The van der Waals surface area contributed by atoms with Crippen LogP contribution in [0.1, 0.15) is 66.9 Å². The molecule has 0 bridgehead atoms. The van der Waals surface area contributed by atoms with Crippen molar-refractivity contribution in [3.05, 3.63) is 95.6 Å². The van der Waals surface area contributed by atoms with Crippen molar-refractivity contribution in [3.63, 3.8) is 0 Å². The summed E-state index contributed by atoms with van der Waals surface area (Å²) >= 11 is 0. The summed E-state index contributed by atoms with van der Waals surface area (Å²) in [5.74, 6) is 1.77. The molecule has 0 atom stereocenters. The van der Waals surface area contributed by atoms with E-state index in [-0.39, 0.29) is 17.6 Å². The third-order valence-electron chi connectivity index (χ3n) is 10.2. The third kappa shape index (κ3) is 7.31. The fourth-order valence-corrected chi connectivity index (χ4v) is 7.53. The van der Waals surface area contributed by atoms with E-state index in [0.29, 0.717) is 19.0 Å². The molecule has 3 aliphatic rings. The minimum absolute atomic E-state index is 0.00967. The molecule has 0 aromatic heterocycles. The number of carbonyl (C=O) groups excluding carboxylic acids is 2. The second-order valence-corrected chi connectivity index (χ2v) is 13.1. The second kappa shape index (κ2) is 13.8. The van der Waals surface area contributed by atoms with Gasteiger partial charge in [-0.2, -0.15) is 0 Å². The number of hydrogen-bond donors (Lipinski definition) is 0. The van der Waals surface area contributed by atoms with Gasteiger partial charge >= 0.3 is 0 Å². The lowest BCUT2D eigenvalue weighted by Gasteiger charge is -2.38. The second-order valence-electron chi connectivity index (χ2n) is 13.1. The summed E-state index contributed by atoms with van der Waals surface area (Å²) < 4.78 is 0. The van der Waals surface area contributed by atoms with E-state index >= 15 is 0 Å². The molecule has 3 aliphatic heterocycles. The molecule has 3 saturated heterocycles. The van der Waals surface area contributed by atoms with E-state index in [1.54, 1.807) is 6.92 Å². The number of rotatable bonds is 8. The Labute approximate surface area is 257 Å². The zero-order valence-electron chi connectivity index (χ0n) is 25.8. The molecule has 3 heterocycles. The highest BCUT2D eigenvalue weighted by molar-refractivity contribution is 6.03. The smallest absolute Gasteiger partial charge is 0.219 e. The normalized spacial score (nSPS) is 19.0. The topological polar surface area (TPSA) is 43.9 Å². The molecule has 43 heavy (non-hydrogen) atoms. The summed E-state index contributed by atoms with van der Waals surface area (Å²) in [6.45, 7) is 7.10. The van der Waals surface area contributed by atoms with Crippen molar-refractivity contribution in [1.29, 1.82) is 0 Å². The number of Topliss-reactive ketones (excluding diaryl/α,β-unsaturated/α-hetero) is 1. The van der Waals surface area contributed by atoms with E-state index in [1.807, 2.05) is 4.90 Å². The van der Waals surface area contributed by atoms with Crippen LogP contribution in [0.3, 0.4) is 0 Å². The summed E-state index contributed by atoms with van der Waals surface area (Å²) in [5.41, 5.74) is 6.12. The first kappa shape index (κ1) is 29.5. The van der Waals surface area contributed by atoms with Crippen LogP contribution in [-0.2, 0) is 17.6 Å². The van der Waals surface area contributed by atoms with Crippen LogP contribution in [0.25, 0.3) is 0 Å². The summed E-state index contributed by atoms with van der Waals surface area (Å²) in [7, 11) is 0. The molecule has 3 aromatic rings. The molecule has 1 amide bonds. The Balaban J connectivity index is 1.16. The molecule has 0 saturated carbocycles. The van der Waals surface area contributed by atoms with Crippen LogP contribution >= 0.6 is 0 Å². The van der Waals surface area contributed by atoms with Gasteiger partial charge in [-0.3, -0.25) is 9.59 Å². The fourth-order valence-electron chi connectivity index (χ4n) is 7.53. The number of carbonyl (C=O) groups is 2. The Bertz CT molecular complexity index is 1350. The first-order valence-corrected chi connectivity index (χ1v) is 16.5. The molecule has 0 N–H and O–H groups in total. The first-order chi connectivity index (χ1) is 21.0. The van der Waals surface area contributed by atoms with Crippen molar-refractivity contribution < 1.29 is 9.59 Å². The van der Waals surface area contributed by atoms with E-state index in [0.717, 1.165) is 81.9 Å². The predicted octanol–water partition coefficient (Wildman–Crippen LogP) is 7.05. The molecule has 3 aromatic carbocycles. The number of hydrogen-bond acceptors (Lipinski definition) is 4. The molecule has 5 nitrogen and oxygen atoms in total. The Kier molecular flexibility index (Phi) is 9.45. The molecular formula is C38H47N3O2. The van der Waals surface area contributed by atoms with Crippen molar-refractivity contribution in [1.82, 2.24) is 4.90 Å². The summed E-state index contributed by atoms with van der Waals surface area (Å²) in [5, 5.41) is 0. The van der Waals surface area contributed by atoms with Gasteiger partial charge in [0.25, 0.3) is 0 Å². The van der Waals surface area contributed by atoms with Crippen LogP contribution < -0.4 is 9.80 Å². The van der Waals surface area contributed by atoms with Gasteiger partial charge in [0, 0.05) is 69.0 Å². The highest BCUT2D eigenvalue weighted by Crippen LogP contribution is 2.36. The Morgan fingerprint density at radius 2 is 1.14 bits per heavy atom. The highest BCUT2D eigenvalue weighted by atomic mass is 16.2. The van der Waals surface area contributed by atoms with Crippen LogP contribution in [0.15, 0.2) is 78.9 Å². The van der Waals surface area contributed by atoms with Crippen molar-refractivity contribution in [2.24, 2.45) is 17.8 Å². The standard InChI is InChI=1S/C38H47N3O2/c1-29(42)39-24-18-34(19-25-39)38(43)36-13-12-35(40-20-14-32(15-21-40)26-30-8-4-2-5-9-30)28-37(36)41-22-16-33(17-23-41)27-31-10-6-3-7-11-31/h2-13,28,32-34H,14-27H2,1H3. The number of anilines is 2. The van der Waals surface area contributed by atoms with Crippen LogP contribution in [-0.4, -0.2) is 55.9 Å². The molecule has 0 spiro atoms. The molecule has 5 heteroatoms. The first-order valence-electron chi connectivity index (χ1n) is 16.5. The summed E-state index contributed by atoms with van der Waals surface area (Å²) in [6.07, 6.45) is 8.50. The molecule has 0 unspecified atom stereocenters. The van der Waals surface area contributed by atoms with Gasteiger partial charge in [-0.05, 0) is 92.5 Å². The lowest BCUT2D eigenvalue weighted by atomic mass is 9.86. The summed E-state index contributed by atoms with van der Waals surface area (Å²) in [6, 6.07) is 28.4. The summed E-state index contributed by atoms with van der Waals surface area (Å²) in [4.78, 5) is 32.8. The van der Waals surface area contributed by atoms with E-state index in [2.05, 4.69) is 88.7 Å². The number of ketones is 1. The number of benzene rings is 3. The maximum atomic E-state index is 14.0. The van der Waals surface area contributed by atoms with Crippen molar-refractivity contribution in [2.45, 2.75) is 58.3 Å². The van der Waals surface area contributed by atoms with Gasteiger partial charge in [0.1, 0.15) is 0 Å². The minimum atomic E-state index is -0.00967. The molecule has 6 rings (SSSR count). The van der Waals surface area contributed by atoms with Crippen molar-refractivity contribution >= 4 is 23.1 Å². The fraction of sp³-hybridized carbons (Fsp3) is 0.474. The molecule has 0 aliphatic carbocycles. The average molecular weight is 578 g/mol. The third-order valence-corrected chi connectivity index (χ3v) is 10.2. The van der Waals surface area contributed by atoms with Crippen molar-refractivity contribution in [3.8, 4) is 0 Å². The zero-order valence-corrected chi connectivity index (χ0v) is 25.8. The van der Waals surface area contributed by atoms with Crippen LogP contribution in [0, 0.1) is 17.8 Å². The van der Waals surface area contributed by atoms with Gasteiger partial charge in [0.15, 0.2) is 5.78 Å². The average Bonchev–Trinajstić information content (AvgIpc) is 3.06. The lowest BCUT2D eigenvalue weighted by molar-refractivity contribution is -0.130. The molecule has 226 valence electrons. The monoisotopic (exact) mass is 577 g/mol. The van der Waals surface area contributed by atoms with E-state index < -0.39 is 0 Å². The predicted molar refractivity (Wildman–Crippen MR) is 176 cm³/mol. The van der Waals surface area contributed by atoms with Crippen LogP contribution in [0.4, 0.5) is 11.4 Å². The van der Waals surface area contributed by atoms with Crippen LogP contribution in [0.5, 0.6) is 0 Å². The highest BCUT2D eigenvalue weighted by Gasteiger charge is 2.31. The quantitative estimate of drug-likeness (QED) is 0.269. The number of piperidine rings is 3. The van der Waals surface area contributed by atoms with Crippen LogP contribution in [0.2, 0.25) is 0 Å². The number of likely N-dealkylation sites (tertiary alicyclic amines) is 1. The molecule has 0 radical (unpaired) electrons. The van der Waals surface area contributed by atoms with Crippen molar-refractivity contribution in [2.75, 3.05) is 49.1 Å². The van der Waals surface area contributed by atoms with E-state index in [4.69, 9.17) is 0 Å². The minimum Gasteiger partial charge on any atom is -0.371 e. The zero-order chi connectivity index (χ0) is 29.6. The number of nitrogens with zero attached hydrogens (tertiary/aromatic N) is 3. The molecule has 3 fully saturated rings. The van der Waals surface area contributed by atoms with Gasteiger partial charge in [0.05, 0.1) is 0 Å². The largest absolute Gasteiger partial charge is 0.371 e. The Hall–Kier alpha value is -3.60. The van der Waals surface area contributed by atoms with E-state index in [1.165, 1.54) is 29.7 Å². The van der Waals surface area contributed by atoms with Gasteiger partial charge in [-0.25, -0.2) is 0 Å². The van der Waals surface area contributed by atoms with Gasteiger partial charge in [-0.15, -0.1) is 0 Å². The molecular weight excluding hydrogens is 530 g/mol. The number of amides is 1. The van der Waals surface area contributed by atoms with E-state index in [9.17, 15) is 9.59 Å². The van der Waals surface area contributed by atoms with Gasteiger partial charge < -0.3 is 14.7 Å². The maximum Gasteiger partial charge on any atom is 0.219 e.